The van der Waals surface area contributed by atoms with Crippen LogP contribution in [0.25, 0.3) is 0 Å². The second-order valence-electron chi connectivity index (χ2n) is 3.49. The SMILES string of the molecule is CN(C)CNc1cccc(C(F)(F)F)c1.Cl. The van der Waals surface area contributed by atoms with Crippen molar-refractivity contribution in [1.29, 1.82) is 0 Å². The van der Waals surface area contributed by atoms with Crippen LogP contribution < -0.4 is 5.32 Å². The van der Waals surface area contributed by atoms with Gasteiger partial charge in [-0.1, -0.05) is 6.07 Å². The molecule has 0 heterocycles. The van der Waals surface area contributed by atoms with E-state index in [9.17, 15) is 13.2 Å². The van der Waals surface area contributed by atoms with Gasteiger partial charge in [-0.3, -0.25) is 4.90 Å². The molecule has 6 heteroatoms. The monoisotopic (exact) mass is 254 g/mol. The Bertz CT molecular complexity index is 326. The Hall–Kier alpha value is -0.940. The summed E-state index contributed by atoms with van der Waals surface area (Å²) >= 11 is 0. The molecule has 0 saturated heterocycles. The molecular weight excluding hydrogens is 241 g/mol. The lowest BCUT2D eigenvalue weighted by Crippen LogP contribution is -2.20. The molecular formula is C10H14ClF3N2. The third-order valence-corrected chi connectivity index (χ3v) is 1.79. The molecule has 0 unspecified atom stereocenters. The van der Waals surface area contributed by atoms with Crippen molar-refractivity contribution in [2.75, 3.05) is 26.1 Å². The van der Waals surface area contributed by atoms with Crippen molar-refractivity contribution >= 4 is 18.1 Å². The summed E-state index contributed by atoms with van der Waals surface area (Å²) in [5.74, 6) is 0. The molecule has 0 atom stereocenters. The number of rotatable bonds is 3. The third kappa shape index (κ3) is 4.72. The predicted molar refractivity (Wildman–Crippen MR) is 60.9 cm³/mol. The van der Waals surface area contributed by atoms with E-state index in [2.05, 4.69) is 5.32 Å². The van der Waals surface area contributed by atoms with E-state index in [0.717, 1.165) is 12.1 Å². The molecule has 0 saturated carbocycles. The van der Waals surface area contributed by atoms with Crippen LogP contribution in [0.4, 0.5) is 18.9 Å². The van der Waals surface area contributed by atoms with E-state index in [1.165, 1.54) is 6.07 Å². The third-order valence-electron chi connectivity index (χ3n) is 1.79. The van der Waals surface area contributed by atoms with Gasteiger partial charge in [-0.2, -0.15) is 13.2 Å². The van der Waals surface area contributed by atoms with Gasteiger partial charge in [0, 0.05) is 5.69 Å². The fourth-order valence-corrected chi connectivity index (χ4v) is 1.05. The molecule has 0 spiro atoms. The van der Waals surface area contributed by atoms with Gasteiger partial charge in [0.25, 0.3) is 0 Å². The normalized spacial score (nSPS) is 11.1. The van der Waals surface area contributed by atoms with Crippen LogP contribution in [0.1, 0.15) is 5.56 Å². The van der Waals surface area contributed by atoms with Crippen LogP contribution in [-0.2, 0) is 6.18 Å². The minimum atomic E-state index is -4.28. The van der Waals surface area contributed by atoms with Crippen LogP contribution >= 0.6 is 12.4 Å². The lowest BCUT2D eigenvalue weighted by molar-refractivity contribution is -0.137. The second kappa shape index (κ2) is 5.96. The number of benzene rings is 1. The highest BCUT2D eigenvalue weighted by atomic mass is 35.5. The quantitative estimate of drug-likeness (QED) is 0.834. The molecule has 1 N–H and O–H groups in total. The van der Waals surface area contributed by atoms with E-state index >= 15 is 0 Å². The van der Waals surface area contributed by atoms with Crippen molar-refractivity contribution in [2.45, 2.75) is 6.18 Å². The molecule has 0 aliphatic rings. The summed E-state index contributed by atoms with van der Waals surface area (Å²) in [6.45, 7) is 0.501. The van der Waals surface area contributed by atoms with Gasteiger partial charge >= 0.3 is 6.18 Å². The maximum Gasteiger partial charge on any atom is 0.416 e. The Labute approximate surface area is 98.9 Å². The van der Waals surface area contributed by atoms with Gasteiger partial charge < -0.3 is 5.32 Å². The Morgan fingerprint density at radius 2 is 1.88 bits per heavy atom. The lowest BCUT2D eigenvalue weighted by Gasteiger charge is -2.13. The molecule has 1 rings (SSSR count). The zero-order valence-corrected chi connectivity index (χ0v) is 9.82. The standard InChI is InChI=1S/C10H13F3N2.ClH/c1-15(2)7-14-9-5-3-4-8(6-9)10(11,12)13;/h3-6,14H,7H2,1-2H3;1H. The average Bonchev–Trinajstić information content (AvgIpc) is 2.14. The topological polar surface area (TPSA) is 15.3 Å². The van der Waals surface area contributed by atoms with Crippen molar-refractivity contribution in [2.24, 2.45) is 0 Å². The molecule has 0 fully saturated rings. The molecule has 0 aromatic heterocycles. The van der Waals surface area contributed by atoms with E-state index in [1.807, 2.05) is 19.0 Å². The van der Waals surface area contributed by atoms with Crippen LogP contribution in [0, 0.1) is 0 Å². The van der Waals surface area contributed by atoms with E-state index in [-0.39, 0.29) is 12.4 Å². The molecule has 0 amide bonds. The fraction of sp³-hybridized carbons (Fsp3) is 0.400. The molecule has 92 valence electrons. The number of alkyl halides is 3. The molecule has 0 radical (unpaired) electrons. The van der Waals surface area contributed by atoms with Gasteiger partial charge in [0.2, 0.25) is 0 Å². The van der Waals surface area contributed by atoms with Gasteiger partial charge in [-0.05, 0) is 32.3 Å². The van der Waals surface area contributed by atoms with E-state index < -0.39 is 11.7 Å². The second-order valence-corrected chi connectivity index (χ2v) is 3.49. The summed E-state index contributed by atoms with van der Waals surface area (Å²) in [5.41, 5.74) is -0.162. The van der Waals surface area contributed by atoms with E-state index in [0.29, 0.717) is 12.4 Å². The van der Waals surface area contributed by atoms with Crippen LogP contribution in [0.5, 0.6) is 0 Å². The largest absolute Gasteiger partial charge is 0.416 e. The van der Waals surface area contributed by atoms with Crippen LogP contribution in [0.3, 0.4) is 0 Å². The summed E-state index contributed by atoms with van der Waals surface area (Å²) in [6, 6.07) is 5.16. The summed E-state index contributed by atoms with van der Waals surface area (Å²) in [6.07, 6.45) is -4.28. The van der Waals surface area contributed by atoms with Crippen LogP contribution in [-0.4, -0.2) is 25.7 Å². The summed E-state index contributed by atoms with van der Waals surface area (Å²) in [4.78, 5) is 1.83. The molecule has 1 aromatic carbocycles. The highest BCUT2D eigenvalue weighted by Crippen LogP contribution is 2.30. The Morgan fingerprint density at radius 1 is 1.25 bits per heavy atom. The first kappa shape index (κ1) is 15.1. The average molecular weight is 255 g/mol. The number of hydrogen-bond acceptors (Lipinski definition) is 2. The van der Waals surface area contributed by atoms with Crippen molar-refractivity contribution in [1.82, 2.24) is 4.90 Å². The molecule has 0 aliphatic carbocycles. The first-order valence-electron chi connectivity index (χ1n) is 4.45. The van der Waals surface area contributed by atoms with E-state index in [4.69, 9.17) is 0 Å². The first-order chi connectivity index (χ1) is 6.89. The van der Waals surface area contributed by atoms with Crippen LogP contribution in [0.2, 0.25) is 0 Å². The Balaban J connectivity index is 0.00000225. The van der Waals surface area contributed by atoms with Gasteiger partial charge in [0.1, 0.15) is 0 Å². The van der Waals surface area contributed by atoms with Gasteiger partial charge in [0.05, 0.1) is 12.2 Å². The first-order valence-corrected chi connectivity index (χ1v) is 4.45. The molecule has 0 aliphatic heterocycles. The van der Waals surface area contributed by atoms with Gasteiger partial charge in [-0.15, -0.1) is 12.4 Å². The minimum absolute atomic E-state index is 0. The summed E-state index contributed by atoms with van der Waals surface area (Å²) < 4.78 is 37.0. The van der Waals surface area contributed by atoms with Crippen molar-refractivity contribution < 1.29 is 13.2 Å². The zero-order chi connectivity index (χ0) is 11.5. The van der Waals surface area contributed by atoms with Gasteiger partial charge in [0.15, 0.2) is 0 Å². The smallest absolute Gasteiger partial charge is 0.372 e. The Morgan fingerprint density at radius 3 is 2.38 bits per heavy atom. The van der Waals surface area contributed by atoms with Crippen molar-refractivity contribution in [3.8, 4) is 0 Å². The highest BCUT2D eigenvalue weighted by Gasteiger charge is 2.30. The summed E-state index contributed by atoms with van der Waals surface area (Å²) in [7, 11) is 3.67. The maximum absolute atomic E-state index is 12.3. The summed E-state index contributed by atoms with van der Waals surface area (Å²) in [5, 5.41) is 2.88. The number of halogens is 4. The number of nitrogens with one attached hydrogen (secondary N) is 1. The van der Waals surface area contributed by atoms with Crippen molar-refractivity contribution in [3.05, 3.63) is 29.8 Å². The number of anilines is 1. The molecule has 0 bridgehead atoms. The van der Waals surface area contributed by atoms with Crippen molar-refractivity contribution in [3.63, 3.8) is 0 Å². The molecule has 16 heavy (non-hydrogen) atoms. The maximum atomic E-state index is 12.3. The lowest BCUT2D eigenvalue weighted by atomic mass is 10.2. The highest BCUT2D eigenvalue weighted by molar-refractivity contribution is 5.85. The molecule has 2 nitrogen and oxygen atoms in total. The zero-order valence-electron chi connectivity index (χ0n) is 9.01. The fourth-order valence-electron chi connectivity index (χ4n) is 1.05. The number of hydrogen-bond donors (Lipinski definition) is 1. The van der Waals surface area contributed by atoms with E-state index in [1.54, 1.807) is 6.07 Å². The predicted octanol–water partition coefficient (Wildman–Crippen LogP) is 3.06. The Kier molecular flexibility index (Phi) is 5.61. The number of nitrogens with zero attached hydrogens (tertiary/aromatic N) is 1. The van der Waals surface area contributed by atoms with Crippen LogP contribution in [0.15, 0.2) is 24.3 Å². The molecule has 1 aromatic rings. The minimum Gasteiger partial charge on any atom is -0.372 e. The van der Waals surface area contributed by atoms with Gasteiger partial charge in [-0.25, -0.2) is 0 Å².